The summed E-state index contributed by atoms with van der Waals surface area (Å²) in [5, 5.41) is 0.473. The van der Waals surface area contributed by atoms with E-state index in [1.807, 2.05) is 0 Å². The number of para-hydroxylation sites is 1. The van der Waals surface area contributed by atoms with Crippen LogP contribution in [-0.2, 0) is 0 Å². The van der Waals surface area contributed by atoms with Gasteiger partial charge in [0.05, 0.1) is 21.7 Å². The van der Waals surface area contributed by atoms with Crippen LogP contribution in [0, 0.1) is 23.3 Å². The number of H-pyrrole nitrogens is 1. The minimum Gasteiger partial charge on any atom is -0.329 e. The monoisotopic (exact) mass is 310 g/mol. The number of fused-ring (bicyclic) bond motifs is 1. The highest BCUT2D eigenvalue weighted by Crippen LogP contribution is 2.27. The smallest absolute Gasteiger partial charge is 0.182 e. The quantitative estimate of drug-likeness (QED) is 0.632. The SMILES string of the molecule is Cc1cc(F)c(-n2c(=S)[nH]c3c(Cl)cccc32)cc1F. The maximum absolute atomic E-state index is 14.1. The summed E-state index contributed by atoms with van der Waals surface area (Å²) in [6.45, 7) is 1.51. The molecule has 0 aliphatic carbocycles. The van der Waals surface area contributed by atoms with Crippen LogP contribution in [0.4, 0.5) is 8.78 Å². The number of nitrogens with zero attached hydrogens (tertiary/aromatic N) is 1. The van der Waals surface area contributed by atoms with E-state index in [9.17, 15) is 8.78 Å². The van der Waals surface area contributed by atoms with E-state index in [0.29, 0.717) is 16.1 Å². The summed E-state index contributed by atoms with van der Waals surface area (Å²) in [5.74, 6) is -1.03. The lowest BCUT2D eigenvalue weighted by molar-refractivity contribution is 0.586. The fourth-order valence-corrected chi connectivity index (χ4v) is 2.66. The van der Waals surface area contributed by atoms with Gasteiger partial charge in [-0.3, -0.25) is 4.57 Å². The van der Waals surface area contributed by atoms with Crippen LogP contribution in [0.15, 0.2) is 30.3 Å². The van der Waals surface area contributed by atoms with E-state index in [1.165, 1.54) is 11.5 Å². The first kappa shape index (κ1) is 13.3. The molecule has 0 radical (unpaired) electrons. The number of nitrogens with one attached hydrogen (secondary N) is 1. The third-order valence-electron chi connectivity index (χ3n) is 3.14. The number of hydrogen-bond donors (Lipinski definition) is 1. The van der Waals surface area contributed by atoms with Crippen LogP contribution >= 0.6 is 23.8 Å². The number of rotatable bonds is 1. The molecule has 3 aromatic rings. The lowest BCUT2D eigenvalue weighted by atomic mass is 10.2. The maximum Gasteiger partial charge on any atom is 0.182 e. The van der Waals surface area contributed by atoms with Crippen molar-refractivity contribution in [2.24, 2.45) is 0 Å². The second kappa shape index (κ2) is 4.68. The van der Waals surface area contributed by atoms with Crippen LogP contribution < -0.4 is 0 Å². The standard InChI is InChI=1S/C14H9ClF2N2S/c1-7-5-10(17)12(6-9(7)16)19-11-4-2-3-8(15)13(11)18-14(19)20/h2-6H,1H3,(H,18,20). The van der Waals surface area contributed by atoms with Gasteiger partial charge in [0.15, 0.2) is 4.77 Å². The lowest BCUT2D eigenvalue weighted by Crippen LogP contribution is -2.00. The molecule has 0 amide bonds. The van der Waals surface area contributed by atoms with Crippen molar-refractivity contribution >= 4 is 34.9 Å². The molecule has 0 saturated carbocycles. The first-order chi connectivity index (χ1) is 9.49. The Morgan fingerprint density at radius 1 is 1.20 bits per heavy atom. The number of aromatic nitrogens is 2. The topological polar surface area (TPSA) is 20.7 Å². The molecule has 0 unspecified atom stereocenters. The Morgan fingerprint density at radius 2 is 1.95 bits per heavy atom. The van der Waals surface area contributed by atoms with Crippen molar-refractivity contribution in [3.05, 3.63) is 57.3 Å². The molecular weight excluding hydrogens is 302 g/mol. The Kier molecular flexibility index (Phi) is 3.11. The largest absolute Gasteiger partial charge is 0.329 e. The molecule has 0 bridgehead atoms. The van der Waals surface area contributed by atoms with Gasteiger partial charge in [0.2, 0.25) is 0 Å². The van der Waals surface area contributed by atoms with Crippen LogP contribution in [0.5, 0.6) is 0 Å². The van der Waals surface area contributed by atoms with E-state index in [0.717, 1.165) is 12.1 Å². The summed E-state index contributed by atoms with van der Waals surface area (Å²) in [6, 6.07) is 7.45. The van der Waals surface area contributed by atoms with Crippen molar-refractivity contribution in [3.63, 3.8) is 0 Å². The second-order valence-corrected chi connectivity index (χ2v) is 5.25. The number of hydrogen-bond acceptors (Lipinski definition) is 1. The van der Waals surface area contributed by atoms with Gasteiger partial charge in [0.25, 0.3) is 0 Å². The minimum absolute atomic E-state index is 0.0617. The molecule has 0 spiro atoms. The maximum atomic E-state index is 14.1. The van der Waals surface area contributed by atoms with E-state index in [4.69, 9.17) is 23.8 Å². The third kappa shape index (κ3) is 1.94. The van der Waals surface area contributed by atoms with Crippen molar-refractivity contribution < 1.29 is 8.78 Å². The van der Waals surface area contributed by atoms with Crippen LogP contribution in [0.3, 0.4) is 0 Å². The minimum atomic E-state index is -0.541. The lowest BCUT2D eigenvalue weighted by Gasteiger charge is -2.08. The van der Waals surface area contributed by atoms with Crippen LogP contribution in [0.2, 0.25) is 5.02 Å². The molecule has 0 aliphatic heterocycles. The molecule has 0 fully saturated rings. The number of imidazole rings is 1. The first-order valence-electron chi connectivity index (χ1n) is 5.84. The van der Waals surface area contributed by atoms with E-state index in [1.54, 1.807) is 18.2 Å². The van der Waals surface area contributed by atoms with Crippen LogP contribution in [-0.4, -0.2) is 9.55 Å². The molecule has 2 aromatic carbocycles. The Balaban J connectivity index is 2.41. The van der Waals surface area contributed by atoms with E-state index in [2.05, 4.69) is 4.98 Å². The van der Waals surface area contributed by atoms with Gasteiger partial charge in [-0.05, 0) is 42.9 Å². The van der Waals surface area contributed by atoms with Gasteiger partial charge in [-0.1, -0.05) is 17.7 Å². The molecule has 2 nitrogen and oxygen atoms in total. The van der Waals surface area contributed by atoms with Gasteiger partial charge >= 0.3 is 0 Å². The van der Waals surface area contributed by atoms with Crippen molar-refractivity contribution in [3.8, 4) is 5.69 Å². The van der Waals surface area contributed by atoms with Crippen LogP contribution in [0.25, 0.3) is 16.7 Å². The zero-order chi connectivity index (χ0) is 14.4. The fourth-order valence-electron chi connectivity index (χ4n) is 2.14. The van der Waals surface area contributed by atoms with E-state index >= 15 is 0 Å². The normalized spacial score (nSPS) is 11.2. The Morgan fingerprint density at radius 3 is 2.70 bits per heavy atom. The average Bonchev–Trinajstić information content (AvgIpc) is 2.72. The molecule has 20 heavy (non-hydrogen) atoms. The summed E-state index contributed by atoms with van der Waals surface area (Å²) in [5.41, 5.74) is 1.51. The molecule has 1 N–H and O–H groups in total. The van der Waals surface area contributed by atoms with Crippen molar-refractivity contribution in [1.82, 2.24) is 9.55 Å². The molecule has 1 aromatic heterocycles. The number of benzene rings is 2. The first-order valence-corrected chi connectivity index (χ1v) is 6.63. The summed E-state index contributed by atoms with van der Waals surface area (Å²) in [6.07, 6.45) is 0. The van der Waals surface area contributed by atoms with Gasteiger partial charge < -0.3 is 4.98 Å². The predicted octanol–water partition coefficient (Wildman–Crippen LogP) is 4.93. The molecule has 0 aliphatic rings. The Hall–Kier alpha value is -1.72. The molecule has 3 rings (SSSR count). The summed E-state index contributed by atoms with van der Waals surface area (Å²) >= 11 is 11.3. The highest BCUT2D eigenvalue weighted by atomic mass is 35.5. The summed E-state index contributed by atoms with van der Waals surface area (Å²) in [4.78, 5) is 2.91. The Labute approximate surface area is 123 Å². The molecule has 1 heterocycles. The highest BCUT2D eigenvalue weighted by molar-refractivity contribution is 7.71. The number of aromatic amines is 1. The number of halogens is 3. The summed E-state index contributed by atoms with van der Waals surface area (Å²) in [7, 11) is 0. The van der Waals surface area contributed by atoms with Gasteiger partial charge in [-0.2, -0.15) is 0 Å². The van der Waals surface area contributed by atoms with Crippen LogP contribution in [0.1, 0.15) is 5.56 Å². The third-order valence-corrected chi connectivity index (χ3v) is 3.74. The summed E-state index contributed by atoms with van der Waals surface area (Å²) < 4.78 is 29.5. The molecule has 0 atom stereocenters. The fraction of sp³-hybridized carbons (Fsp3) is 0.0714. The zero-order valence-electron chi connectivity index (χ0n) is 10.4. The van der Waals surface area contributed by atoms with Gasteiger partial charge in [0, 0.05) is 6.07 Å². The van der Waals surface area contributed by atoms with Crippen molar-refractivity contribution in [2.75, 3.05) is 0 Å². The molecular formula is C14H9ClF2N2S. The molecule has 0 saturated heterocycles. The second-order valence-electron chi connectivity index (χ2n) is 4.45. The van der Waals surface area contributed by atoms with E-state index in [-0.39, 0.29) is 16.0 Å². The zero-order valence-corrected chi connectivity index (χ0v) is 11.9. The van der Waals surface area contributed by atoms with Gasteiger partial charge in [-0.25, -0.2) is 8.78 Å². The molecule has 6 heteroatoms. The Bertz CT molecular complexity index is 883. The van der Waals surface area contributed by atoms with Gasteiger partial charge in [0.1, 0.15) is 11.6 Å². The van der Waals surface area contributed by atoms with Crippen molar-refractivity contribution in [2.45, 2.75) is 6.92 Å². The average molecular weight is 311 g/mol. The number of aryl methyl sites for hydroxylation is 1. The van der Waals surface area contributed by atoms with E-state index < -0.39 is 11.6 Å². The highest BCUT2D eigenvalue weighted by Gasteiger charge is 2.14. The van der Waals surface area contributed by atoms with Crippen molar-refractivity contribution in [1.29, 1.82) is 0 Å². The molecule has 102 valence electrons. The predicted molar refractivity (Wildman–Crippen MR) is 78.1 cm³/mol. The van der Waals surface area contributed by atoms with Gasteiger partial charge in [-0.15, -0.1) is 0 Å².